The highest BCUT2D eigenvalue weighted by Crippen LogP contribution is 2.20. The van der Waals surface area contributed by atoms with Gasteiger partial charge in [0.25, 0.3) is 0 Å². The number of carbonyl (C=O) groups excluding carboxylic acids is 1. The second kappa shape index (κ2) is 9.20. The fourth-order valence-corrected chi connectivity index (χ4v) is 2.13. The zero-order chi connectivity index (χ0) is 13.2. The molecule has 18 heavy (non-hydrogen) atoms. The predicted molar refractivity (Wildman–Crippen MR) is 73.7 cm³/mol. The van der Waals surface area contributed by atoms with E-state index in [1.165, 1.54) is 32.1 Å². The van der Waals surface area contributed by atoms with Crippen molar-refractivity contribution in [2.75, 3.05) is 13.2 Å². The molecule has 0 heterocycles. The molecule has 0 spiro atoms. The van der Waals surface area contributed by atoms with Gasteiger partial charge in [-0.15, -0.1) is 0 Å². The van der Waals surface area contributed by atoms with Crippen molar-refractivity contribution in [1.82, 2.24) is 10.6 Å². The molecule has 4 heteroatoms. The molecule has 2 N–H and O–H groups in total. The van der Waals surface area contributed by atoms with Crippen LogP contribution in [0.4, 0.5) is 4.79 Å². The van der Waals surface area contributed by atoms with Crippen LogP contribution < -0.4 is 10.6 Å². The summed E-state index contributed by atoms with van der Waals surface area (Å²) in [7, 11) is 0. The van der Waals surface area contributed by atoms with Crippen LogP contribution in [0.25, 0.3) is 0 Å². The molecule has 0 aliphatic heterocycles. The molecule has 0 aromatic rings. The Hall–Kier alpha value is -0.770. The van der Waals surface area contributed by atoms with Crippen molar-refractivity contribution in [1.29, 1.82) is 0 Å². The summed E-state index contributed by atoms with van der Waals surface area (Å²) in [6.45, 7) is 5.51. The van der Waals surface area contributed by atoms with Crippen LogP contribution >= 0.6 is 0 Å². The van der Waals surface area contributed by atoms with E-state index in [2.05, 4.69) is 17.6 Å². The lowest BCUT2D eigenvalue weighted by Crippen LogP contribution is -2.41. The molecule has 106 valence electrons. The zero-order valence-electron chi connectivity index (χ0n) is 11.8. The largest absolute Gasteiger partial charge is 0.378 e. The van der Waals surface area contributed by atoms with Gasteiger partial charge in [-0.1, -0.05) is 26.2 Å². The Bertz CT molecular complexity index is 228. The van der Waals surface area contributed by atoms with E-state index in [4.69, 9.17) is 4.74 Å². The van der Waals surface area contributed by atoms with Crippen LogP contribution in [0.1, 0.15) is 58.8 Å². The minimum absolute atomic E-state index is 0.0676. The van der Waals surface area contributed by atoms with E-state index in [-0.39, 0.29) is 12.1 Å². The predicted octanol–water partition coefficient (Wildman–Crippen LogP) is 2.82. The molecule has 1 aliphatic carbocycles. The first-order valence-electron chi connectivity index (χ1n) is 7.38. The summed E-state index contributed by atoms with van der Waals surface area (Å²) in [5.74, 6) is 0. The van der Waals surface area contributed by atoms with E-state index in [9.17, 15) is 4.79 Å². The highest BCUT2D eigenvalue weighted by Gasteiger charge is 2.13. The summed E-state index contributed by atoms with van der Waals surface area (Å²) in [6, 6.07) is 0.172. The Balaban J connectivity index is 1.92. The van der Waals surface area contributed by atoms with Crippen LogP contribution in [0.5, 0.6) is 0 Å². The molecule has 0 radical (unpaired) electrons. The quantitative estimate of drug-likeness (QED) is 0.688. The molecule has 1 atom stereocenters. The number of carbonyl (C=O) groups is 1. The fourth-order valence-electron chi connectivity index (χ4n) is 2.13. The average Bonchev–Trinajstić information content (AvgIpc) is 2.39. The third-order valence-corrected chi connectivity index (χ3v) is 3.50. The molecule has 1 rings (SSSR count). The summed E-state index contributed by atoms with van der Waals surface area (Å²) in [5, 5.41) is 5.73. The normalized spacial score (nSPS) is 18.3. The maximum Gasteiger partial charge on any atom is 0.314 e. The van der Waals surface area contributed by atoms with Gasteiger partial charge in [-0.05, 0) is 32.6 Å². The van der Waals surface area contributed by atoms with Gasteiger partial charge in [-0.2, -0.15) is 0 Å². The van der Waals surface area contributed by atoms with Crippen LogP contribution in [-0.2, 0) is 4.74 Å². The minimum Gasteiger partial charge on any atom is -0.378 e. The van der Waals surface area contributed by atoms with Crippen LogP contribution in [0.15, 0.2) is 0 Å². The van der Waals surface area contributed by atoms with Crippen LogP contribution in [0.2, 0.25) is 0 Å². The van der Waals surface area contributed by atoms with Gasteiger partial charge in [0.2, 0.25) is 0 Å². The van der Waals surface area contributed by atoms with Crippen molar-refractivity contribution in [3.05, 3.63) is 0 Å². The summed E-state index contributed by atoms with van der Waals surface area (Å²) < 4.78 is 5.80. The Morgan fingerprint density at radius 1 is 1.33 bits per heavy atom. The van der Waals surface area contributed by atoms with Crippen molar-refractivity contribution in [2.45, 2.75) is 70.9 Å². The number of amides is 2. The van der Waals surface area contributed by atoms with Gasteiger partial charge in [0.1, 0.15) is 0 Å². The van der Waals surface area contributed by atoms with Gasteiger partial charge < -0.3 is 15.4 Å². The topological polar surface area (TPSA) is 50.4 Å². The zero-order valence-corrected chi connectivity index (χ0v) is 11.8. The second-order valence-corrected chi connectivity index (χ2v) is 5.19. The third kappa shape index (κ3) is 6.84. The van der Waals surface area contributed by atoms with Crippen LogP contribution in [0, 0.1) is 0 Å². The van der Waals surface area contributed by atoms with Crippen LogP contribution in [0.3, 0.4) is 0 Å². The second-order valence-electron chi connectivity index (χ2n) is 5.19. The molecular weight excluding hydrogens is 228 g/mol. The van der Waals surface area contributed by atoms with Crippen molar-refractivity contribution < 1.29 is 9.53 Å². The van der Waals surface area contributed by atoms with Crippen LogP contribution in [-0.4, -0.2) is 31.3 Å². The molecule has 0 saturated heterocycles. The van der Waals surface area contributed by atoms with Gasteiger partial charge in [-0.25, -0.2) is 4.79 Å². The lowest BCUT2D eigenvalue weighted by Gasteiger charge is -2.22. The Morgan fingerprint density at radius 2 is 2.06 bits per heavy atom. The molecule has 0 aromatic carbocycles. The fraction of sp³-hybridized carbons (Fsp3) is 0.929. The Kier molecular flexibility index (Phi) is 7.81. The number of hydrogen-bond donors (Lipinski definition) is 2. The van der Waals surface area contributed by atoms with Gasteiger partial charge in [0, 0.05) is 19.2 Å². The van der Waals surface area contributed by atoms with E-state index in [0.717, 1.165) is 19.4 Å². The molecule has 1 unspecified atom stereocenters. The molecule has 1 fully saturated rings. The van der Waals surface area contributed by atoms with E-state index in [0.29, 0.717) is 12.6 Å². The van der Waals surface area contributed by atoms with Gasteiger partial charge >= 0.3 is 6.03 Å². The number of rotatable bonds is 7. The molecular formula is C14H28N2O2. The van der Waals surface area contributed by atoms with Crippen molar-refractivity contribution in [2.24, 2.45) is 0 Å². The molecule has 0 aromatic heterocycles. The highest BCUT2D eigenvalue weighted by molar-refractivity contribution is 5.74. The smallest absolute Gasteiger partial charge is 0.314 e. The van der Waals surface area contributed by atoms with E-state index in [1.807, 2.05) is 6.92 Å². The van der Waals surface area contributed by atoms with Gasteiger partial charge in [0.05, 0.1) is 6.10 Å². The van der Waals surface area contributed by atoms with E-state index >= 15 is 0 Å². The lowest BCUT2D eigenvalue weighted by atomic mass is 9.98. The minimum atomic E-state index is -0.0676. The summed E-state index contributed by atoms with van der Waals surface area (Å²) in [6.07, 6.45) is 8.71. The number of nitrogens with one attached hydrogen (secondary N) is 2. The number of urea groups is 1. The monoisotopic (exact) mass is 256 g/mol. The standard InChI is InChI=1S/C14H28N2O2/c1-3-12(2)16-14(17)15-10-7-11-18-13-8-5-4-6-9-13/h12-13H,3-11H2,1-2H3,(H2,15,16,17). The molecule has 1 saturated carbocycles. The Labute approximate surface area is 111 Å². The molecule has 1 aliphatic rings. The Morgan fingerprint density at radius 3 is 2.72 bits per heavy atom. The average molecular weight is 256 g/mol. The third-order valence-electron chi connectivity index (χ3n) is 3.50. The van der Waals surface area contributed by atoms with Crippen molar-refractivity contribution >= 4 is 6.03 Å². The molecule has 0 bridgehead atoms. The summed E-state index contributed by atoms with van der Waals surface area (Å²) in [4.78, 5) is 11.4. The van der Waals surface area contributed by atoms with Gasteiger partial charge in [-0.3, -0.25) is 0 Å². The SMILES string of the molecule is CCC(C)NC(=O)NCCCOC1CCCCC1. The highest BCUT2D eigenvalue weighted by atomic mass is 16.5. The number of ether oxygens (including phenoxy) is 1. The number of hydrogen-bond acceptors (Lipinski definition) is 2. The maximum absolute atomic E-state index is 11.4. The lowest BCUT2D eigenvalue weighted by molar-refractivity contribution is 0.0275. The van der Waals surface area contributed by atoms with E-state index in [1.54, 1.807) is 0 Å². The molecule has 2 amide bonds. The first-order chi connectivity index (χ1) is 8.72. The maximum atomic E-state index is 11.4. The molecule has 4 nitrogen and oxygen atoms in total. The van der Waals surface area contributed by atoms with Crippen molar-refractivity contribution in [3.8, 4) is 0 Å². The summed E-state index contributed by atoms with van der Waals surface area (Å²) in [5.41, 5.74) is 0. The first-order valence-corrected chi connectivity index (χ1v) is 7.38. The van der Waals surface area contributed by atoms with Gasteiger partial charge in [0.15, 0.2) is 0 Å². The summed E-state index contributed by atoms with van der Waals surface area (Å²) >= 11 is 0. The first kappa shape index (κ1) is 15.3. The van der Waals surface area contributed by atoms with E-state index < -0.39 is 0 Å². The van der Waals surface area contributed by atoms with Crippen molar-refractivity contribution in [3.63, 3.8) is 0 Å².